The normalized spacial score (nSPS) is 12.6. The summed E-state index contributed by atoms with van der Waals surface area (Å²) in [5.41, 5.74) is 2.40. The van der Waals surface area contributed by atoms with Crippen molar-refractivity contribution >= 4 is 38.4 Å². The highest BCUT2D eigenvalue weighted by atomic mass is 79.9. The minimum atomic E-state index is -3.22. The molecule has 0 saturated heterocycles. The smallest absolute Gasteiger partial charge is 0.357 e. The fourth-order valence-corrected chi connectivity index (χ4v) is 2.97. The van der Waals surface area contributed by atoms with Crippen LogP contribution in [-0.4, -0.2) is 27.6 Å². The number of benzene rings is 2. The molecular weight excluding hydrogens is 376 g/mol. The number of nitrogens with zero attached hydrogens (tertiary/aromatic N) is 2. The van der Waals surface area contributed by atoms with E-state index in [2.05, 4.69) is 25.9 Å². The van der Waals surface area contributed by atoms with Crippen molar-refractivity contribution in [1.29, 1.82) is 0 Å². The topological polar surface area (TPSA) is 31.4 Å². The number of hydrogen-bond acceptors (Lipinski definition) is 1. The average Bonchev–Trinajstić information content (AvgIpc) is 2.96. The summed E-state index contributed by atoms with van der Waals surface area (Å²) in [6, 6.07) is 16.5. The van der Waals surface area contributed by atoms with Crippen molar-refractivity contribution in [3.05, 3.63) is 66.4 Å². The van der Waals surface area contributed by atoms with Gasteiger partial charge in [-0.2, -0.15) is 8.78 Å². The van der Waals surface area contributed by atoms with E-state index in [1.165, 1.54) is 4.90 Å². The Morgan fingerprint density at radius 2 is 1.79 bits per heavy atom. The maximum absolute atomic E-state index is 14.0. The van der Waals surface area contributed by atoms with Crippen LogP contribution in [0.25, 0.3) is 10.9 Å². The van der Waals surface area contributed by atoms with Crippen LogP contribution in [0, 0.1) is 0 Å². The lowest BCUT2D eigenvalue weighted by Gasteiger charge is -2.24. The van der Waals surface area contributed by atoms with Gasteiger partial charge in [-0.1, -0.05) is 36.4 Å². The lowest BCUT2D eigenvalue weighted by atomic mass is 10.1. The molecule has 0 aliphatic heterocycles. The monoisotopic (exact) mass is 391 g/mol. The average molecular weight is 392 g/mol. The lowest BCUT2D eigenvalue weighted by Crippen LogP contribution is -2.37. The molecule has 24 heavy (non-hydrogen) atoms. The molecule has 6 heteroatoms. The van der Waals surface area contributed by atoms with E-state index in [4.69, 9.17) is 0 Å². The van der Waals surface area contributed by atoms with Gasteiger partial charge in [0.15, 0.2) is 5.84 Å². The van der Waals surface area contributed by atoms with Gasteiger partial charge in [0.05, 0.1) is 5.69 Å². The van der Waals surface area contributed by atoms with Gasteiger partial charge in [0.1, 0.15) is 0 Å². The Bertz CT molecular complexity index is 853. The minimum absolute atomic E-state index is 0.316. The Labute approximate surface area is 147 Å². The van der Waals surface area contributed by atoms with Crippen LogP contribution in [0.15, 0.2) is 65.8 Å². The molecule has 3 aromatic rings. The van der Waals surface area contributed by atoms with Crippen molar-refractivity contribution in [3.8, 4) is 0 Å². The van der Waals surface area contributed by atoms with Gasteiger partial charge >= 0.3 is 4.83 Å². The molecule has 1 N–H and O–H groups in total. The maximum Gasteiger partial charge on any atom is 0.357 e. The van der Waals surface area contributed by atoms with Crippen LogP contribution < -0.4 is 0 Å². The summed E-state index contributed by atoms with van der Waals surface area (Å²) in [6.07, 6.45) is 1.84. The molecule has 3 rings (SSSR count). The van der Waals surface area contributed by atoms with Gasteiger partial charge in [-0.05, 0) is 39.7 Å². The van der Waals surface area contributed by atoms with Gasteiger partial charge in [-0.25, -0.2) is 4.99 Å². The summed E-state index contributed by atoms with van der Waals surface area (Å²) in [5, 5.41) is 1.02. The van der Waals surface area contributed by atoms with Gasteiger partial charge in [0, 0.05) is 30.7 Å². The Balaban J connectivity index is 1.92. The van der Waals surface area contributed by atoms with E-state index in [1.54, 1.807) is 31.3 Å². The van der Waals surface area contributed by atoms with Gasteiger partial charge < -0.3 is 9.88 Å². The second-order valence-corrected chi connectivity index (χ2v) is 6.48. The predicted octanol–water partition coefficient (Wildman–Crippen LogP) is 5.32. The van der Waals surface area contributed by atoms with E-state index in [1.807, 2.05) is 36.5 Å². The number of nitrogens with one attached hydrogen (secondary N) is 1. The molecule has 3 nitrogen and oxygen atoms in total. The zero-order valence-corrected chi connectivity index (χ0v) is 14.6. The molecule has 0 spiro atoms. The molecular formula is C18H16BrF2N3. The number of para-hydroxylation sites is 2. The number of rotatable bonds is 4. The largest absolute Gasteiger partial charge is 0.361 e. The zero-order chi connectivity index (χ0) is 17.2. The fraction of sp³-hybridized carbons (Fsp3) is 0.167. The lowest BCUT2D eigenvalue weighted by molar-refractivity contribution is 0.174. The quantitative estimate of drug-likeness (QED) is 0.364. The molecule has 124 valence electrons. The standard InChI is InChI=1S/C18H16BrF2N3/c1-24(12-13-11-22-16-10-6-5-9-15(13)16)17(18(19,20)21)23-14-7-3-2-4-8-14/h2-11,22H,12H2,1H3. The number of amidine groups is 1. The molecule has 0 saturated carbocycles. The van der Waals surface area contributed by atoms with E-state index in [0.29, 0.717) is 12.2 Å². The van der Waals surface area contributed by atoms with E-state index in [-0.39, 0.29) is 5.84 Å². The first kappa shape index (κ1) is 16.6. The van der Waals surface area contributed by atoms with Crippen LogP contribution in [-0.2, 0) is 6.54 Å². The number of aromatic nitrogens is 1. The second-order valence-electron chi connectivity index (χ2n) is 5.48. The number of fused-ring (bicyclic) bond motifs is 1. The predicted molar refractivity (Wildman–Crippen MR) is 97.2 cm³/mol. The van der Waals surface area contributed by atoms with E-state index >= 15 is 0 Å². The third-order valence-electron chi connectivity index (χ3n) is 3.69. The Morgan fingerprint density at radius 3 is 2.50 bits per heavy atom. The van der Waals surface area contributed by atoms with Crippen molar-refractivity contribution in [2.45, 2.75) is 11.4 Å². The van der Waals surface area contributed by atoms with Crippen LogP contribution in [0.3, 0.4) is 0 Å². The van der Waals surface area contributed by atoms with Gasteiger partial charge in [-0.15, -0.1) is 0 Å². The number of hydrogen-bond donors (Lipinski definition) is 1. The fourth-order valence-electron chi connectivity index (χ4n) is 2.58. The molecule has 0 amide bonds. The van der Waals surface area contributed by atoms with E-state index in [0.717, 1.165) is 16.5 Å². The Morgan fingerprint density at radius 1 is 1.12 bits per heavy atom. The summed E-state index contributed by atoms with van der Waals surface area (Å²) in [5.74, 6) is -0.334. The number of halogens is 3. The van der Waals surface area contributed by atoms with Gasteiger partial charge in [-0.3, -0.25) is 0 Å². The molecule has 2 aromatic carbocycles. The summed E-state index contributed by atoms with van der Waals surface area (Å²) >= 11 is 2.44. The van der Waals surface area contributed by atoms with Crippen LogP contribution in [0.1, 0.15) is 5.56 Å². The second kappa shape index (κ2) is 6.73. The summed E-state index contributed by atoms with van der Waals surface area (Å²) in [6.45, 7) is 0.316. The molecule has 0 unspecified atom stereocenters. The molecule has 1 aromatic heterocycles. The molecule has 0 atom stereocenters. The summed E-state index contributed by atoms with van der Waals surface area (Å²) in [7, 11) is 1.61. The third-order valence-corrected chi connectivity index (χ3v) is 4.04. The van der Waals surface area contributed by atoms with Gasteiger partial charge in [0.25, 0.3) is 0 Å². The number of aromatic amines is 1. The molecule has 0 fully saturated rings. The molecule has 1 heterocycles. The Kier molecular flexibility index (Phi) is 4.66. The molecule has 0 aliphatic rings. The molecule has 0 bridgehead atoms. The van der Waals surface area contributed by atoms with Crippen molar-refractivity contribution in [2.75, 3.05) is 7.05 Å². The van der Waals surface area contributed by atoms with E-state index < -0.39 is 4.83 Å². The van der Waals surface area contributed by atoms with Gasteiger partial charge in [0.2, 0.25) is 0 Å². The van der Waals surface area contributed by atoms with Crippen molar-refractivity contribution in [1.82, 2.24) is 9.88 Å². The van der Waals surface area contributed by atoms with Crippen LogP contribution in [0.5, 0.6) is 0 Å². The first-order valence-corrected chi connectivity index (χ1v) is 8.21. The highest BCUT2D eigenvalue weighted by molar-refractivity contribution is 9.10. The van der Waals surface area contributed by atoms with Crippen molar-refractivity contribution < 1.29 is 8.78 Å². The Hall–Kier alpha value is -2.21. The number of aliphatic imine (C=N–C) groups is 1. The van der Waals surface area contributed by atoms with E-state index in [9.17, 15) is 8.78 Å². The minimum Gasteiger partial charge on any atom is -0.361 e. The number of H-pyrrole nitrogens is 1. The zero-order valence-electron chi connectivity index (χ0n) is 13.0. The maximum atomic E-state index is 14.0. The first-order chi connectivity index (χ1) is 11.4. The van der Waals surface area contributed by atoms with Crippen LogP contribution >= 0.6 is 15.9 Å². The summed E-state index contributed by atoms with van der Waals surface area (Å²) < 4.78 is 28.0. The SMILES string of the molecule is CN(Cc1c[nH]c2ccccc12)C(=Nc1ccccc1)C(F)(F)Br. The third kappa shape index (κ3) is 3.64. The van der Waals surface area contributed by atoms with Crippen molar-refractivity contribution in [2.24, 2.45) is 4.99 Å². The molecule has 0 aliphatic carbocycles. The van der Waals surface area contributed by atoms with Crippen LogP contribution in [0.2, 0.25) is 0 Å². The first-order valence-electron chi connectivity index (χ1n) is 7.42. The number of alkyl halides is 3. The summed E-state index contributed by atoms with van der Waals surface area (Å²) in [4.78, 5) is 5.52. The molecule has 0 radical (unpaired) electrons. The van der Waals surface area contributed by atoms with Crippen LogP contribution in [0.4, 0.5) is 14.5 Å². The highest BCUT2D eigenvalue weighted by Gasteiger charge is 2.35. The highest BCUT2D eigenvalue weighted by Crippen LogP contribution is 2.29. The van der Waals surface area contributed by atoms with Crippen molar-refractivity contribution in [3.63, 3.8) is 0 Å².